The maximum Gasteiger partial charge on any atom is 0.244 e. The highest BCUT2D eigenvalue weighted by molar-refractivity contribution is 5.84. The number of anilines is 1. The molecule has 100 valence electrons. The molecular formula is C14H22N2O2. The fourth-order valence-corrected chi connectivity index (χ4v) is 1.83. The molecule has 4 nitrogen and oxygen atoms in total. The van der Waals surface area contributed by atoms with Crippen LogP contribution in [0.3, 0.4) is 0 Å². The van der Waals surface area contributed by atoms with Gasteiger partial charge in [0.2, 0.25) is 5.91 Å². The number of benzene rings is 1. The summed E-state index contributed by atoms with van der Waals surface area (Å²) >= 11 is 0. The number of methoxy groups -OCH3 is 1. The number of carbonyl (C=O) groups is 1. The number of nitrogens with zero attached hydrogens (tertiary/aromatic N) is 1. The van der Waals surface area contributed by atoms with Gasteiger partial charge in [-0.25, -0.2) is 0 Å². The molecule has 1 unspecified atom stereocenters. The Kier molecular flexibility index (Phi) is 5.49. The van der Waals surface area contributed by atoms with Crippen LogP contribution in [0.4, 0.5) is 5.69 Å². The van der Waals surface area contributed by atoms with Gasteiger partial charge in [-0.05, 0) is 32.9 Å². The molecule has 0 fully saturated rings. The molecule has 0 bridgehead atoms. The molecule has 0 spiro atoms. The van der Waals surface area contributed by atoms with Gasteiger partial charge in [0.1, 0.15) is 11.8 Å². The monoisotopic (exact) mass is 250 g/mol. The molecule has 1 amide bonds. The number of nitrogens with one attached hydrogen (secondary N) is 1. The maximum atomic E-state index is 12.1. The molecule has 0 saturated heterocycles. The van der Waals surface area contributed by atoms with Crippen molar-refractivity contribution < 1.29 is 9.53 Å². The molecule has 0 aromatic heterocycles. The van der Waals surface area contributed by atoms with Gasteiger partial charge in [-0.1, -0.05) is 6.07 Å². The molecule has 1 aromatic rings. The van der Waals surface area contributed by atoms with Gasteiger partial charge in [0, 0.05) is 24.8 Å². The second-order valence-electron chi connectivity index (χ2n) is 4.11. The summed E-state index contributed by atoms with van der Waals surface area (Å²) in [7, 11) is 1.63. The van der Waals surface area contributed by atoms with Crippen molar-refractivity contribution in [2.75, 3.05) is 25.5 Å². The molecule has 18 heavy (non-hydrogen) atoms. The van der Waals surface area contributed by atoms with Crippen LogP contribution in [0.5, 0.6) is 5.75 Å². The smallest absolute Gasteiger partial charge is 0.244 e. The highest BCUT2D eigenvalue weighted by Gasteiger charge is 2.17. The first-order valence-electron chi connectivity index (χ1n) is 6.31. The molecule has 0 aliphatic carbocycles. The number of likely N-dealkylation sites (N-methyl/N-ethyl adjacent to an activating group) is 1. The first-order chi connectivity index (χ1) is 8.62. The molecule has 0 radical (unpaired) electrons. The standard InChI is InChI=1S/C14H22N2O2/c1-5-16(6-2)14(17)11(3)15-12-8-7-9-13(10-12)18-4/h7-11,15H,5-6H2,1-4H3. The van der Waals surface area contributed by atoms with Crippen molar-refractivity contribution in [3.63, 3.8) is 0 Å². The number of ether oxygens (including phenoxy) is 1. The number of rotatable bonds is 6. The predicted octanol–water partition coefficient (Wildman–Crippen LogP) is 2.36. The van der Waals surface area contributed by atoms with E-state index in [1.54, 1.807) is 7.11 Å². The van der Waals surface area contributed by atoms with Gasteiger partial charge in [-0.2, -0.15) is 0 Å². The SMILES string of the molecule is CCN(CC)C(=O)C(C)Nc1cccc(OC)c1. The Labute approximate surface area is 109 Å². The molecule has 1 atom stereocenters. The zero-order valence-electron chi connectivity index (χ0n) is 11.6. The minimum Gasteiger partial charge on any atom is -0.497 e. The van der Waals surface area contributed by atoms with E-state index < -0.39 is 0 Å². The summed E-state index contributed by atoms with van der Waals surface area (Å²) in [6, 6.07) is 7.34. The van der Waals surface area contributed by atoms with E-state index in [1.807, 2.05) is 49.9 Å². The fourth-order valence-electron chi connectivity index (χ4n) is 1.83. The molecule has 4 heteroatoms. The minimum absolute atomic E-state index is 0.114. The van der Waals surface area contributed by atoms with Crippen molar-refractivity contribution in [3.05, 3.63) is 24.3 Å². The third-order valence-electron chi connectivity index (χ3n) is 2.90. The van der Waals surface area contributed by atoms with Crippen LogP contribution in [0.25, 0.3) is 0 Å². The molecular weight excluding hydrogens is 228 g/mol. The van der Waals surface area contributed by atoms with Crippen molar-refractivity contribution in [3.8, 4) is 5.75 Å². The third-order valence-corrected chi connectivity index (χ3v) is 2.90. The second kappa shape index (κ2) is 6.89. The Morgan fingerprint density at radius 1 is 1.39 bits per heavy atom. The van der Waals surface area contributed by atoms with Crippen LogP contribution in [0.2, 0.25) is 0 Å². The molecule has 1 N–H and O–H groups in total. The molecule has 0 saturated carbocycles. The van der Waals surface area contributed by atoms with Crippen molar-refractivity contribution in [2.24, 2.45) is 0 Å². The first-order valence-corrected chi connectivity index (χ1v) is 6.31. The summed E-state index contributed by atoms with van der Waals surface area (Å²) in [5, 5.41) is 3.19. The fraction of sp³-hybridized carbons (Fsp3) is 0.500. The van der Waals surface area contributed by atoms with E-state index in [2.05, 4.69) is 5.32 Å². The summed E-state index contributed by atoms with van der Waals surface area (Å²) in [5.41, 5.74) is 0.891. The number of hydrogen-bond acceptors (Lipinski definition) is 3. The lowest BCUT2D eigenvalue weighted by Gasteiger charge is -2.24. The van der Waals surface area contributed by atoms with Crippen LogP contribution >= 0.6 is 0 Å². The molecule has 0 aliphatic heterocycles. The van der Waals surface area contributed by atoms with E-state index in [0.29, 0.717) is 0 Å². The van der Waals surface area contributed by atoms with Gasteiger partial charge in [0.25, 0.3) is 0 Å². The Balaban J connectivity index is 2.68. The molecule has 1 rings (SSSR count). The largest absolute Gasteiger partial charge is 0.497 e. The van der Waals surface area contributed by atoms with E-state index >= 15 is 0 Å². The highest BCUT2D eigenvalue weighted by atomic mass is 16.5. The Hall–Kier alpha value is -1.71. The Bertz CT molecular complexity index is 389. The predicted molar refractivity (Wildman–Crippen MR) is 74.0 cm³/mol. The first kappa shape index (κ1) is 14.4. The summed E-state index contributed by atoms with van der Waals surface area (Å²) in [6.45, 7) is 7.32. The number of amides is 1. The molecule has 0 aliphatic rings. The summed E-state index contributed by atoms with van der Waals surface area (Å²) < 4.78 is 5.15. The second-order valence-corrected chi connectivity index (χ2v) is 4.11. The van der Waals surface area contributed by atoms with Gasteiger partial charge >= 0.3 is 0 Å². The van der Waals surface area contributed by atoms with E-state index in [4.69, 9.17) is 4.74 Å². The Morgan fingerprint density at radius 2 is 2.06 bits per heavy atom. The van der Waals surface area contributed by atoms with E-state index in [-0.39, 0.29) is 11.9 Å². The number of carbonyl (C=O) groups excluding carboxylic acids is 1. The van der Waals surface area contributed by atoms with Gasteiger partial charge < -0.3 is 15.0 Å². The average Bonchev–Trinajstić information content (AvgIpc) is 2.40. The van der Waals surface area contributed by atoms with E-state index in [1.165, 1.54) is 0 Å². The van der Waals surface area contributed by atoms with Crippen LogP contribution in [-0.2, 0) is 4.79 Å². The van der Waals surface area contributed by atoms with Crippen molar-refractivity contribution in [1.82, 2.24) is 4.90 Å². The van der Waals surface area contributed by atoms with Crippen LogP contribution < -0.4 is 10.1 Å². The van der Waals surface area contributed by atoms with Crippen LogP contribution in [0.15, 0.2) is 24.3 Å². The quantitative estimate of drug-likeness (QED) is 0.842. The van der Waals surface area contributed by atoms with Gasteiger partial charge in [0.05, 0.1) is 7.11 Å². The van der Waals surface area contributed by atoms with Crippen LogP contribution in [0.1, 0.15) is 20.8 Å². The van der Waals surface area contributed by atoms with E-state index in [9.17, 15) is 4.79 Å². The molecule has 0 heterocycles. The normalized spacial score (nSPS) is 11.8. The summed E-state index contributed by atoms with van der Waals surface area (Å²) in [5.74, 6) is 0.894. The van der Waals surface area contributed by atoms with Crippen molar-refractivity contribution in [1.29, 1.82) is 0 Å². The van der Waals surface area contributed by atoms with Crippen LogP contribution in [0, 0.1) is 0 Å². The zero-order valence-corrected chi connectivity index (χ0v) is 11.6. The van der Waals surface area contributed by atoms with Gasteiger partial charge in [0.15, 0.2) is 0 Å². The van der Waals surface area contributed by atoms with Crippen molar-refractivity contribution in [2.45, 2.75) is 26.8 Å². The lowest BCUT2D eigenvalue weighted by Crippen LogP contribution is -2.41. The molecule has 1 aromatic carbocycles. The maximum absolute atomic E-state index is 12.1. The lowest BCUT2D eigenvalue weighted by atomic mass is 10.2. The topological polar surface area (TPSA) is 41.6 Å². The summed E-state index contributed by atoms with van der Waals surface area (Å²) in [6.07, 6.45) is 0. The van der Waals surface area contributed by atoms with Gasteiger partial charge in [-0.15, -0.1) is 0 Å². The van der Waals surface area contributed by atoms with E-state index in [0.717, 1.165) is 24.5 Å². The minimum atomic E-state index is -0.239. The Morgan fingerprint density at radius 3 is 2.61 bits per heavy atom. The third kappa shape index (κ3) is 3.65. The average molecular weight is 250 g/mol. The highest BCUT2D eigenvalue weighted by Crippen LogP contribution is 2.17. The van der Waals surface area contributed by atoms with Crippen LogP contribution in [-0.4, -0.2) is 37.0 Å². The number of hydrogen-bond donors (Lipinski definition) is 1. The lowest BCUT2D eigenvalue weighted by molar-refractivity contribution is -0.131. The van der Waals surface area contributed by atoms with Gasteiger partial charge in [-0.3, -0.25) is 4.79 Å². The van der Waals surface area contributed by atoms with Crippen molar-refractivity contribution >= 4 is 11.6 Å². The summed E-state index contributed by atoms with van der Waals surface area (Å²) in [4.78, 5) is 13.9. The zero-order chi connectivity index (χ0) is 13.5.